The van der Waals surface area contributed by atoms with Crippen molar-refractivity contribution in [1.29, 1.82) is 0 Å². The van der Waals surface area contributed by atoms with Gasteiger partial charge in [-0.1, -0.05) is 36.4 Å². The fraction of sp³-hybridized carbons (Fsp3) is 0. The number of benzene rings is 3. The summed E-state index contributed by atoms with van der Waals surface area (Å²) < 4.78 is 1.33. The molecule has 1 aromatic heterocycles. The number of hydrogen-bond donors (Lipinski definition) is 1. The lowest BCUT2D eigenvalue weighted by molar-refractivity contribution is -0.384. The average molecular weight is 385 g/mol. The SMILES string of the molecule is O=c1c2ccccc2c(N/N=C/c2ccc([N+](=O)[O-])cc2)nn1-c1ccccc1. The summed E-state index contributed by atoms with van der Waals surface area (Å²) in [6.07, 6.45) is 1.53. The molecule has 4 aromatic rings. The van der Waals surface area contributed by atoms with Crippen molar-refractivity contribution in [2.24, 2.45) is 5.10 Å². The maximum absolute atomic E-state index is 12.8. The molecule has 0 aliphatic rings. The van der Waals surface area contributed by atoms with Crippen LogP contribution in [0.2, 0.25) is 0 Å². The molecule has 8 heteroatoms. The van der Waals surface area contributed by atoms with Crippen molar-refractivity contribution in [1.82, 2.24) is 9.78 Å². The molecule has 0 unspecified atom stereocenters. The Bertz CT molecular complexity index is 1270. The predicted molar refractivity (Wildman–Crippen MR) is 112 cm³/mol. The van der Waals surface area contributed by atoms with Crippen LogP contribution in [-0.2, 0) is 0 Å². The summed E-state index contributed by atoms with van der Waals surface area (Å²) in [5.41, 5.74) is 3.99. The summed E-state index contributed by atoms with van der Waals surface area (Å²) in [6.45, 7) is 0. The van der Waals surface area contributed by atoms with Crippen LogP contribution >= 0.6 is 0 Å². The van der Waals surface area contributed by atoms with Gasteiger partial charge < -0.3 is 0 Å². The molecular weight excluding hydrogens is 370 g/mol. The molecule has 29 heavy (non-hydrogen) atoms. The molecule has 3 aromatic carbocycles. The van der Waals surface area contributed by atoms with Crippen molar-refractivity contribution in [2.75, 3.05) is 5.43 Å². The Morgan fingerprint density at radius 2 is 1.59 bits per heavy atom. The molecule has 0 saturated carbocycles. The third-order valence-electron chi connectivity index (χ3n) is 4.29. The monoisotopic (exact) mass is 385 g/mol. The molecule has 0 radical (unpaired) electrons. The Balaban J connectivity index is 1.70. The third kappa shape index (κ3) is 3.72. The van der Waals surface area contributed by atoms with Gasteiger partial charge in [-0.3, -0.25) is 20.3 Å². The highest BCUT2D eigenvalue weighted by molar-refractivity contribution is 5.91. The molecular formula is C21H15N5O3. The summed E-state index contributed by atoms with van der Waals surface area (Å²) in [7, 11) is 0. The number of para-hydroxylation sites is 1. The first kappa shape index (κ1) is 18.1. The molecule has 0 saturated heterocycles. The number of nitro benzene ring substituents is 1. The summed E-state index contributed by atoms with van der Waals surface area (Å²) in [6, 6.07) is 22.3. The number of non-ortho nitro benzene ring substituents is 1. The molecule has 0 aliphatic carbocycles. The van der Waals surface area contributed by atoms with Crippen LogP contribution in [0.1, 0.15) is 5.56 Å². The fourth-order valence-corrected chi connectivity index (χ4v) is 2.87. The van der Waals surface area contributed by atoms with Gasteiger partial charge in [-0.15, -0.1) is 5.10 Å². The van der Waals surface area contributed by atoms with E-state index in [1.807, 2.05) is 24.3 Å². The minimum atomic E-state index is -0.456. The normalized spacial score (nSPS) is 11.0. The van der Waals surface area contributed by atoms with Crippen molar-refractivity contribution < 1.29 is 4.92 Å². The van der Waals surface area contributed by atoms with E-state index in [-0.39, 0.29) is 11.2 Å². The van der Waals surface area contributed by atoms with Crippen LogP contribution in [0.5, 0.6) is 0 Å². The zero-order valence-electron chi connectivity index (χ0n) is 15.1. The smallest absolute Gasteiger partial charge is 0.267 e. The second kappa shape index (κ2) is 7.73. The molecule has 1 N–H and O–H groups in total. The number of anilines is 1. The average Bonchev–Trinajstić information content (AvgIpc) is 2.76. The van der Waals surface area contributed by atoms with Crippen LogP contribution in [-0.4, -0.2) is 20.9 Å². The molecule has 0 atom stereocenters. The molecule has 142 valence electrons. The van der Waals surface area contributed by atoms with Gasteiger partial charge in [-0.05, 0) is 35.9 Å². The first-order valence-electron chi connectivity index (χ1n) is 8.74. The van der Waals surface area contributed by atoms with E-state index in [1.54, 1.807) is 42.5 Å². The van der Waals surface area contributed by atoms with Crippen LogP contribution in [0.15, 0.2) is 88.8 Å². The number of hydrogen-bond acceptors (Lipinski definition) is 6. The second-order valence-corrected chi connectivity index (χ2v) is 6.17. The van der Waals surface area contributed by atoms with Gasteiger partial charge in [0, 0.05) is 17.5 Å². The highest BCUT2D eigenvalue weighted by Crippen LogP contribution is 2.19. The zero-order valence-corrected chi connectivity index (χ0v) is 15.1. The maximum atomic E-state index is 12.8. The van der Waals surface area contributed by atoms with Gasteiger partial charge >= 0.3 is 0 Å². The Hall–Kier alpha value is -4.33. The Kier molecular flexibility index (Phi) is 4.81. The lowest BCUT2D eigenvalue weighted by Crippen LogP contribution is -2.22. The zero-order chi connectivity index (χ0) is 20.2. The molecule has 0 bridgehead atoms. The van der Waals surface area contributed by atoms with E-state index in [2.05, 4.69) is 15.6 Å². The van der Waals surface area contributed by atoms with E-state index < -0.39 is 4.92 Å². The fourth-order valence-electron chi connectivity index (χ4n) is 2.87. The van der Waals surface area contributed by atoms with Gasteiger partial charge in [0.05, 0.1) is 22.2 Å². The lowest BCUT2D eigenvalue weighted by atomic mass is 10.2. The number of nitrogens with zero attached hydrogens (tertiary/aromatic N) is 4. The van der Waals surface area contributed by atoms with Gasteiger partial charge in [-0.25, -0.2) is 0 Å². The van der Waals surface area contributed by atoms with E-state index in [4.69, 9.17) is 0 Å². The molecule has 0 fully saturated rings. The van der Waals surface area contributed by atoms with Gasteiger partial charge in [0.2, 0.25) is 0 Å². The van der Waals surface area contributed by atoms with E-state index in [0.29, 0.717) is 27.8 Å². The summed E-state index contributed by atoms with van der Waals surface area (Å²) >= 11 is 0. The number of nitro groups is 1. The molecule has 0 amide bonds. The Morgan fingerprint density at radius 3 is 2.28 bits per heavy atom. The van der Waals surface area contributed by atoms with Gasteiger partial charge in [0.1, 0.15) is 0 Å². The predicted octanol–water partition coefficient (Wildman–Crippen LogP) is 3.74. The van der Waals surface area contributed by atoms with Crippen molar-refractivity contribution in [2.45, 2.75) is 0 Å². The highest BCUT2D eigenvalue weighted by Gasteiger charge is 2.11. The molecule has 0 aliphatic heterocycles. The van der Waals surface area contributed by atoms with Crippen LogP contribution in [0.25, 0.3) is 16.5 Å². The van der Waals surface area contributed by atoms with Crippen LogP contribution in [0.4, 0.5) is 11.5 Å². The molecule has 0 spiro atoms. The summed E-state index contributed by atoms with van der Waals surface area (Å²) in [5.74, 6) is 0.419. The number of rotatable bonds is 5. The minimum absolute atomic E-state index is 0.0118. The van der Waals surface area contributed by atoms with Crippen LogP contribution in [0, 0.1) is 10.1 Å². The first-order chi connectivity index (χ1) is 14.1. The third-order valence-corrected chi connectivity index (χ3v) is 4.29. The second-order valence-electron chi connectivity index (χ2n) is 6.17. The molecule has 8 nitrogen and oxygen atoms in total. The Labute approximate surface area is 164 Å². The van der Waals surface area contributed by atoms with Gasteiger partial charge in [0.25, 0.3) is 11.2 Å². The Morgan fingerprint density at radius 1 is 0.931 bits per heavy atom. The van der Waals surface area contributed by atoms with Crippen molar-refractivity contribution in [3.8, 4) is 5.69 Å². The van der Waals surface area contributed by atoms with Crippen molar-refractivity contribution in [3.63, 3.8) is 0 Å². The number of nitrogens with one attached hydrogen (secondary N) is 1. The first-order valence-corrected chi connectivity index (χ1v) is 8.74. The maximum Gasteiger partial charge on any atom is 0.279 e. The van der Waals surface area contributed by atoms with Crippen LogP contribution < -0.4 is 11.0 Å². The van der Waals surface area contributed by atoms with E-state index >= 15 is 0 Å². The number of hydrazone groups is 1. The molecule has 1 heterocycles. The van der Waals surface area contributed by atoms with Crippen molar-refractivity contribution in [3.05, 3.63) is 105 Å². The largest absolute Gasteiger partial charge is 0.279 e. The molecule has 4 rings (SSSR count). The summed E-state index contributed by atoms with van der Waals surface area (Å²) in [4.78, 5) is 23.1. The van der Waals surface area contributed by atoms with E-state index in [9.17, 15) is 14.9 Å². The van der Waals surface area contributed by atoms with Crippen molar-refractivity contribution >= 4 is 28.5 Å². The topological polar surface area (TPSA) is 102 Å². The van der Waals surface area contributed by atoms with E-state index in [1.165, 1.54) is 23.0 Å². The number of aromatic nitrogens is 2. The quantitative estimate of drug-likeness (QED) is 0.320. The van der Waals surface area contributed by atoms with E-state index in [0.717, 1.165) is 0 Å². The minimum Gasteiger partial charge on any atom is -0.267 e. The number of fused-ring (bicyclic) bond motifs is 1. The van der Waals surface area contributed by atoms with Gasteiger partial charge in [0.15, 0.2) is 5.82 Å². The summed E-state index contributed by atoms with van der Waals surface area (Å²) in [5, 5.41) is 20.5. The van der Waals surface area contributed by atoms with Gasteiger partial charge in [-0.2, -0.15) is 9.78 Å². The standard InChI is InChI=1S/C21H15N5O3/c27-21-19-9-5-4-8-18(19)20(24-25(21)16-6-2-1-3-7-16)23-22-14-15-10-12-17(13-11-15)26(28)29/h1-14H,(H,23,24)/b22-14+. The van der Waals surface area contributed by atoms with Crippen LogP contribution in [0.3, 0.4) is 0 Å². The highest BCUT2D eigenvalue weighted by atomic mass is 16.6. The lowest BCUT2D eigenvalue weighted by Gasteiger charge is -2.10.